The van der Waals surface area contributed by atoms with Crippen LogP contribution in [0.5, 0.6) is 0 Å². The molecule has 0 aromatic carbocycles. The fraction of sp³-hybridized carbons (Fsp3) is 0.333. The molecular weight excluding hydrogens is 544 g/mol. The molecule has 4 N–H and O–H groups in total. The second kappa shape index (κ2) is 11.8. The van der Waals surface area contributed by atoms with Crippen molar-refractivity contribution in [3.05, 3.63) is 57.2 Å². The number of methoxy groups -OCH3 is 1. The van der Waals surface area contributed by atoms with Crippen LogP contribution in [0.4, 0.5) is 4.79 Å². The van der Waals surface area contributed by atoms with Crippen LogP contribution < -0.4 is 20.8 Å². The lowest BCUT2D eigenvalue weighted by Gasteiger charge is -2.49. The molecular formula is C21H22N6O7S3. The molecule has 2 aliphatic heterocycles. The van der Waals surface area contributed by atoms with E-state index in [1.165, 1.54) is 59.1 Å². The molecule has 16 heteroatoms. The van der Waals surface area contributed by atoms with E-state index in [4.69, 9.17) is 4.74 Å². The van der Waals surface area contributed by atoms with Gasteiger partial charge in [-0.05, 0) is 23.1 Å². The lowest BCUT2D eigenvalue weighted by atomic mass is 10.0. The number of carboxylic acids is 1. The summed E-state index contributed by atoms with van der Waals surface area (Å²) in [6, 6.07) is 3.93. The summed E-state index contributed by atoms with van der Waals surface area (Å²) in [6.45, 7) is -0.0540. The number of ether oxygens (including phenoxy) is 1. The Balaban J connectivity index is 1.45. The van der Waals surface area contributed by atoms with Gasteiger partial charge in [0.15, 0.2) is 5.03 Å². The predicted molar refractivity (Wildman–Crippen MR) is 134 cm³/mol. The van der Waals surface area contributed by atoms with Crippen LogP contribution in [0.3, 0.4) is 0 Å². The fourth-order valence-corrected chi connectivity index (χ4v) is 6.80. The highest BCUT2D eigenvalue weighted by molar-refractivity contribution is 8.01. The molecule has 0 spiro atoms. The zero-order valence-corrected chi connectivity index (χ0v) is 21.7. The molecule has 0 saturated carbocycles. The highest BCUT2D eigenvalue weighted by Gasteiger charge is 2.54. The third-order valence-corrected chi connectivity index (χ3v) is 8.62. The maximum absolute atomic E-state index is 13.1. The second-order valence-corrected chi connectivity index (χ2v) is 10.8. The minimum atomic E-state index is -1.26. The zero-order chi connectivity index (χ0) is 26.5. The van der Waals surface area contributed by atoms with E-state index in [2.05, 4.69) is 21.0 Å². The molecule has 2 aliphatic rings. The number of hydrogen-bond donors (Lipinski definition) is 4. The molecule has 196 valence electrons. The van der Waals surface area contributed by atoms with E-state index in [1.54, 1.807) is 23.6 Å². The van der Waals surface area contributed by atoms with Crippen LogP contribution in [0.1, 0.15) is 10.9 Å². The number of thiophene rings is 1. The van der Waals surface area contributed by atoms with Gasteiger partial charge in [-0.3, -0.25) is 14.5 Å². The maximum Gasteiger partial charge on any atom is 0.352 e. The van der Waals surface area contributed by atoms with Crippen molar-refractivity contribution in [1.82, 2.24) is 25.9 Å². The highest BCUT2D eigenvalue weighted by Crippen LogP contribution is 2.41. The Morgan fingerprint density at radius 3 is 2.86 bits per heavy atom. The average molecular weight is 567 g/mol. The second-order valence-electron chi connectivity index (χ2n) is 7.72. The van der Waals surface area contributed by atoms with Crippen molar-refractivity contribution < 1.29 is 33.9 Å². The molecule has 1 fully saturated rings. The molecule has 37 heavy (non-hydrogen) atoms. The van der Waals surface area contributed by atoms with Gasteiger partial charge in [-0.15, -0.1) is 23.1 Å². The summed E-state index contributed by atoms with van der Waals surface area (Å²) in [5.74, 6) is -1.88. The maximum atomic E-state index is 13.1. The van der Waals surface area contributed by atoms with Crippen LogP contribution in [-0.2, 0) is 19.1 Å². The van der Waals surface area contributed by atoms with E-state index in [-0.39, 0.29) is 18.2 Å². The van der Waals surface area contributed by atoms with Gasteiger partial charge >= 0.3 is 12.0 Å². The number of hydrogen-bond acceptors (Lipinski definition) is 10. The summed E-state index contributed by atoms with van der Waals surface area (Å²) < 4.78 is 4.80. The summed E-state index contributed by atoms with van der Waals surface area (Å²) >= 11 is 3.77. The average Bonchev–Trinajstić information content (AvgIpc) is 3.41. The number of nitrogens with one attached hydrogen (secondary N) is 3. The van der Waals surface area contributed by atoms with Gasteiger partial charge < -0.3 is 31.0 Å². The summed E-state index contributed by atoms with van der Waals surface area (Å²) in [5.41, 5.74) is 0.373. The molecule has 0 radical (unpaired) electrons. The number of carbonyl (C=O) groups excluding carboxylic acids is 3. The Morgan fingerprint density at radius 1 is 1.38 bits per heavy atom. The Labute approximate surface area is 223 Å². The summed E-state index contributed by atoms with van der Waals surface area (Å²) in [7, 11) is 1.41. The molecule has 2 aromatic heterocycles. The van der Waals surface area contributed by atoms with Crippen LogP contribution in [0, 0.1) is 5.21 Å². The van der Waals surface area contributed by atoms with Gasteiger partial charge in [0.05, 0.1) is 0 Å². The number of amides is 4. The SMILES string of the molecule is COCNC(=O)NC(C(=O)N[C@H]1C(=O)N2C(C(=O)O)=C(CSc3ccc[n+]([O-])n3)CSC12)c1cccs1. The fourth-order valence-electron chi connectivity index (χ4n) is 3.67. The highest BCUT2D eigenvalue weighted by atomic mass is 32.2. The predicted octanol–water partition coefficient (Wildman–Crippen LogP) is 0.252. The molecule has 4 rings (SSSR count). The number of carboxylic acid groups (broad SMARTS) is 1. The number of nitrogens with zero attached hydrogens (tertiary/aromatic N) is 3. The Morgan fingerprint density at radius 2 is 2.19 bits per heavy atom. The van der Waals surface area contributed by atoms with Crippen molar-refractivity contribution in [3.63, 3.8) is 0 Å². The van der Waals surface area contributed by atoms with Crippen LogP contribution in [0.2, 0.25) is 0 Å². The van der Waals surface area contributed by atoms with E-state index in [0.29, 0.717) is 26.1 Å². The monoisotopic (exact) mass is 566 g/mol. The zero-order valence-electron chi connectivity index (χ0n) is 19.3. The molecule has 2 unspecified atom stereocenters. The number of urea groups is 1. The van der Waals surface area contributed by atoms with Gasteiger partial charge in [0.2, 0.25) is 12.1 Å². The van der Waals surface area contributed by atoms with E-state index >= 15 is 0 Å². The van der Waals surface area contributed by atoms with Gasteiger partial charge in [-0.2, -0.15) is 0 Å². The van der Waals surface area contributed by atoms with Crippen molar-refractivity contribution in [2.45, 2.75) is 22.5 Å². The third kappa shape index (κ3) is 5.98. The molecule has 2 aromatic rings. The topological polar surface area (TPSA) is 177 Å². The minimum Gasteiger partial charge on any atom is -0.594 e. The molecule has 0 aliphatic carbocycles. The number of fused-ring (bicyclic) bond motifs is 1. The Kier molecular flexibility index (Phi) is 8.52. The molecule has 0 bridgehead atoms. The third-order valence-electron chi connectivity index (χ3n) is 5.33. The Hall–Kier alpha value is -3.34. The first-order chi connectivity index (χ1) is 17.8. The molecule has 4 amide bonds. The number of carbonyl (C=O) groups is 4. The van der Waals surface area contributed by atoms with Crippen molar-refractivity contribution >= 4 is 58.7 Å². The van der Waals surface area contributed by atoms with Crippen molar-refractivity contribution in [1.29, 1.82) is 0 Å². The molecule has 4 heterocycles. The largest absolute Gasteiger partial charge is 0.594 e. The smallest absolute Gasteiger partial charge is 0.352 e. The number of aliphatic carboxylic acids is 1. The van der Waals surface area contributed by atoms with Crippen molar-refractivity contribution in [2.75, 3.05) is 25.3 Å². The lowest BCUT2D eigenvalue weighted by Crippen LogP contribution is -2.71. The number of aromatic nitrogens is 2. The first kappa shape index (κ1) is 26.7. The number of thioether (sulfide) groups is 2. The quantitative estimate of drug-likeness (QED) is 0.102. The summed E-state index contributed by atoms with van der Waals surface area (Å²) in [6.07, 6.45) is 1.24. The summed E-state index contributed by atoms with van der Waals surface area (Å²) in [4.78, 5) is 52.5. The first-order valence-corrected chi connectivity index (χ1v) is 13.7. The van der Waals surface area contributed by atoms with Crippen LogP contribution in [-0.4, -0.2) is 75.7 Å². The van der Waals surface area contributed by atoms with Crippen molar-refractivity contribution in [3.8, 4) is 0 Å². The van der Waals surface area contributed by atoms with Gasteiger partial charge in [0.25, 0.3) is 5.91 Å². The van der Waals surface area contributed by atoms with Gasteiger partial charge in [-0.1, -0.05) is 22.7 Å². The van der Waals surface area contributed by atoms with Gasteiger partial charge in [0, 0.05) is 34.7 Å². The molecule has 3 atom stereocenters. The van der Waals surface area contributed by atoms with E-state index < -0.39 is 41.3 Å². The standard InChI is InChI=1S/C21H22N6O7S3/c1-34-10-22-21(32)24-14(12-4-3-7-35-12)17(28)23-15-18(29)27-16(20(30)31)11(9-37-19(15)27)8-36-13-5-2-6-26(33)25-13/h2-7,14-15,19H,8-10H2,1H3,(H,23,28)(H,30,31)(H2,22,24,32)/t14?,15-,19?/m0/s1. The van der Waals surface area contributed by atoms with Crippen LogP contribution in [0.25, 0.3) is 0 Å². The molecule has 13 nitrogen and oxygen atoms in total. The Bertz CT molecular complexity index is 1220. The lowest BCUT2D eigenvalue weighted by molar-refractivity contribution is -0.672. The number of β-lactam (4-membered cyclic amide) rings is 1. The number of rotatable bonds is 10. The summed E-state index contributed by atoms with van der Waals surface area (Å²) in [5, 5.41) is 34.3. The van der Waals surface area contributed by atoms with E-state index in [9.17, 15) is 29.5 Å². The van der Waals surface area contributed by atoms with Gasteiger partial charge in [-0.25, -0.2) is 9.59 Å². The van der Waals surface area contributed by atoms with Crippen LogP contribution >= 0.6 is 34.9 Å². The van der Waals surface area contributed by atoms with E-state index in [1.807, 2.05) is 0 Å². The molecule has 1 saturated heterocycles. The first-order valence-electron chi connectivity index (χ1n) is 10.8. The normalized spacial score (nSPS) is 19.5. The van der Waals surface area contributed by atoms with Crippen molar-refractivity contribution in [2.24, 2.45) is 0 Å². The van der Waals surface area contributed by atoms with E-state index in [0.717, 1.165) is 0 Å². The van der Waals surface area contributed by atoms with Crippen LogP contribution in [0.15, 0.2) is 52.1 Å². The van der Waals surface area contributed by atoms with Gasteiger partial charge in [0.1, 0.15) is 29.9 Å². The minimum absolute atomic E-state index is 0.0540.